The average Bonchev–Trinajstić information content (AvgIpc) is 3.01. The molecule has 1 aliphatic carbocycles. The van der Waals surface area contributed by atoms with Crippen molar-refractivity contribution in [2.24, 2.45) is 17.7 Å². The van der Waals surface area contributed by atoms with E-state index in [0.717, 1.165) is 13.1 Å². The van der Waals surface area contributed by atoms with Crippen molar-refractivity contribution >= 4 is 0 Å². The van der Waals surface area contributed by atoms with E-state index in [2.05, 4.69) is 43.8 Å². The van der Waals surface area contributed by atoms with E-state index in [0.29, 0.717) is 11.8 Å². The van der Waals surface area contributed by atoms with E-state index in [4.69, 9.17) is 5.84 Å². The van der Waals surface area contributed by atoms with Crippen LogP contribution in [0.25, 0.3) is 0 Å². The molecular formula is C14H27N3. The first-order valence-corrected chi connectivity index (χ1v) is 6.92. The third kappa shape index (κ3) is 2.50. The highest BCUT2D eigenvalue weighted by Gasteiger charge is 2.51. The van der Waals surface area contributed by atoms with E-state index in [9.17, 15) is 0 Å². The van der Waals surface area contributed by atoms with Gasteiger partial charge in [-0.15, -0.1) is 0 Å². The lowest BCUT2D eigenvalue weighted by Gasteiger charge is -2.41. The van der Waals surface area contributed by atoms with Crippen molar-refractivity contribution in [3.05, 3.63) is 11.8 Å². The minimum absolute atomic E-state index is 0.272. The molecule has 0 bridgehead atoms. The summed E-state index contributed by atoms with van der Waals surface area (Å²) in [6.07, 6.45) is 6.12. The van der Waals surface area contributed by atoms with Crippen LogP contribution in [-0.4, -0.2) is 35.6 Å². The van der Waals surface area contributed by atoms with Gasteiger partial charge in [-0.05, 0) is 38.1 Å². The van der Waals surface area contributed by atoms with Gasteiger partial charge in [0.1, 0.15) is 0 Å². The Morgan fingerprint density at radius 1 is 1.41 bits per heavy atom. The van der Waals surface area contributed by atoms with Crippen LogP contribution in [0, 0.1) is 11.8 Å². The quantitative estimate of drug-likeness (QED) is 0.764. The third-order valence-electron chi connectivity index (χ3n) is 4.38. The van der Waals surface area contributed by atoms with Gasteiger partial charge in [-0.25, -0.2) is 5.84 Å². The molecule has 3 nitrogen and oxygen atoms in total. The van der Waals surface area contributed by atoms with Gasteiger partial charge in [-0.2, -0.15) is 0 Å². The van der Waals surface area contributed by atoms with Crippen molar-refractivity contribution in [2.75, 3.05) is 20.1 Å². The molecule has 17 heavy (non-hydrogen) atoms. The van der Waals surface area contributed by atoms with Crippen LogP contribution >= 0.6 is 0 Å². The summed E-state index contributed by atoms with van der Waals surface area (Å²) in [7, 11) is 2.21. The monoisotopic (exact) mass is 237 g/mol. The second kappa shape index (κ2) is 4.62. The molecule has 1 spiro atoms. The summed E-state index contributed by atoms with van der Waals surface area (Å²) in [5.41, 5.74) is 1.60. The van der Waals surface area contributed by atoms with Crippen molar-refractivity contribution < 1.29 is 0 Å². The lowest BCUT2D eigenvalue weighted by Crippen LogP contribution is -2.55. The Balaban J connectivity index is 2.15. The van der Waals surface area contributed by atoms with Crippen LogP contribution in [0.15, 0.2) is 11.8 Å². The Bertz CT molecular complexity index is 305. The summed E-state index contributed by atoms with van der Waals surface area (Å²) < 4.78 is 0. The van der Waals surface area contributed by atoms with Crippen LogP contribution in [0.5, 0.6) is 0 Å². The van der Waals surface area contributed by atoms with Crippen LogP contribution in [0.4, 0.5) is 0 Å². The maximum atomic E-state index is 6.32. The molecular weight excluding hydrogens is 210 g/mol. The van der Waals surface area contributed by atoms with Crippen molar-refractivity contribution in [3.63, 3.8) is 0 Å². The third-order valence-corrected chi connectivity index (χ3v) is 4.38. The van der Waals surface area contributed by atoms with Crippen molar-refractivity contribution in [1.29, 1.82) is 0 Å². The van der Waals surface area contributed by atoms with Crippen LogP contribution in [0.3, 0.4) is 0 Å². The van der Waals surface area contributed by atoms with Gasteiger partial charge in [0.15, 0.2) is 0 Å². The SMILES string of the molecule is CCC(/C=C1/CN(C)CC2(CC2)N1N)C(C)C. The van der Waals surface area contributed by atoms with E-state index in [1.807, 2.05) is 0 Å². The summed E-state index contributed by atoms with van der Waals surface area (Å²) >= 11 is 0. The fourth-order valence-electron chi connectivity index (χ4n) is 3.00. The molecule has 2 rings (SSSR count). The molecule has 1 unspecified atom stereocenters. The van der Waals surface area contributed by atoms with Gasteiger partial charge < -0.3 is 5.01 Å². The molecule has 98 valence electrons. The van der Waals surface area contributed by atoms with E-state index in [1.54, 1.807) is 0 Å². The predicted molar refractivity (Wildman–Crippen MR) is 72.2 cm³/mol. The second-order valence-electron chi connectivity index (χ2n) is 6.24. The molecule has 0 aromatic rings. The highest BCUT2D eigenvalue weighted by atomic mass is 15.5. The number of nitrogens with zero attached hydrogens (tertiary/aromatic N) is 2. The van der Waals surface area contributed by atoms with Crippen LogP contribution < -0.4 is 5.84 Å². The van der Waals surface area contributed by atoms with Crippen LogP contribution in [-0.2, 0) is 0 Å². The maximum Gasteiger partial charge on any atom is 0.0686 e. The zero-order valence-electron chi connectivity index (χ0n) is 11.7. The largest absolute Gasteiger partial charge is 0.307 e. The molecule has 0 radical (unpaired) electrons. The molecule has 2 fully saturated rings. The van der Waals surface area contributed by atoms with Gasteiger partial charge in [0.05, 0.1) is 5.54 Å². The fraction of sp³-hybridized carbons (Fsp3) is 0.857. The van der Waals surface area contributed by atoms with Crippen LogP contribution in [0.1, 0.15) is 40.0 Å². The zero-order chi connectivity index (χ0) is 12.6. The molecule has 1 atom stereocenters. The summed E-state index contributed by atoms with van der Waals surface area (Å²) in [4.78, 5) is 2.41. The number of nitrogens with two attached hydrogens (primary N) is 1. The van der Waals surface area contributed by atoms with E-state index in [-0.39, 0.29) is 5.54 Å². The molecule has 0 aromatic carbocycles. The predicted octanol–water partition coefficient (Wildman–Crippen LogP) is 2.21. The molecule has 1 saturated heterocycles. The van der Waals surface area contributed by atoms with E-state index in [1.165, 1.54) is 25.0 Å². The number of hydrogen-bond acceptors (Lipinski definition) is 3. The first-order valence-electron chi connectivity index (χ1n) is 6.92. The van der Waals surface area contributed by atoms with Crippen molar-refractivity contribution in [3.8, 4) is 0 Å². The number of likely N-dealkylation sites (N-methyl/N-ethyl adjacent to an activating group) is 1. The van der Waals surface area contributed by atoms with Crippen LogP contribution in [0.2, 0.25) is 0 Å². The van der Waals surface area contributed by atoms with E-state index < -0.39 is 0 Å². The normalized spacial score (nSPS) is 28.1. The summed E-state index contributed by atoms with van der Waals surface area (Å²) in [6, 6.07) is 0. The van der Waals surface area contributed by atoms with Gasteiger partial charge >= 0.3 is 0 Å². The van der Waals surface area contributed by atoms with Crippen molar-refractivity contribution in [1.82, 2.24) is 9.91 Å². The highest BCUT2D eigenvalue weighted by Crippen LogP contribution is 2.45. The summed E-state index contributed by atoms with van der Waals surface area (Å²) in [5, 5.41) is 2.08. The Labute approximate surface area is 106 Å². The molecule has 3 heteroatoms. The first-order chi connectivity index (χ1) is 7.98. The van der Waals surface area contributed by atoms with Gasteiger partial charge in [-0.3, -0.25) is 4.90 Å². The molecule has 2 aliphatic rings. The molecule has 2 N–H and O–H groups in total. The lowest BCUT2D eigenvalue weighted by atomic mass is 9.91. The Hall–Kier alpha value is -0.540. The summed E-state index contributed by atoms with van der Waals surface area (Å²) in [6.45, 7) is 8.99. The topological polar surface area (TPSA) is 32.5 Å². The molecule has 1 heterocycles. The minimum Gasteiger partial charge on any atom is -0.307 e. The maximum absolute atomic E-state index is 6.32. The average molecular weight is 237 g/mol. The minimum atomic E-state index is 0.272. The van der Waals surface area contributed by atoms with Gasteiger partial charge in [0.2, 0.25) is 0 Å². The number of rotatable bonds is 3. The van der Waals surface area contributed by atoms with Gasteiger partial charge in [-0.1, -0.05) is 26.8 Å². The highest BCUT2D eigenvalue weighted by molar-refractivity contribution is 5.19. The number of allylic oxidation sites excluding steroid dienone is 1. The number of hydrogen-bond donors (Lipinski definition) is 1. The molecule has 0 aromatic heterocycles. The zero-order valence-corrected chi connectivity index (χ0v) is 11.7. The molecule has 0 amide bonds. The second-order valence-corrected chi connectivity index (χ2v) is 6.24. The van der Waals surface area contributed by atoms with Gasteiger partial charge in [0.25, 0.3) is 0 Å². The lowest BCUT2D eigenvalue weighted by molar-refractivity contribution is 0.116. The molecule has 1 saturated carbocycles. The first kappa shape index (κ1) is 12.9. The fourth-order valence-corrected chi connectivity index (χ4v) is 3.00. The van der Waals surface area contributed by atoms with Crippen molar-refractivity contribution in [2.45, 2.75) is 45.6 Å². The summed E-state index contributed by atoms with van der Waals surface area (Å²) in [5.74, 6) is 7.67. The number of hydrazine groups is 1. The van der Waals surface area contributed by atoms with E-state index >= 15 is 0 Å². The Morgan fingerprint density at radius 2 is 2.06 bits per heavy atom. The van der Waals surface area contributed by atoms with Gasteiger partial charge in [0, 0.05) is 18.8 Å². The smallest absolute Gasteiger partial charge is 0.0686 e. The number of piperazine rings is 1. The standard InChI is InChI=1S/C14H27N3/c1-5-12(11(2)3)8-13-9-16(4)10-14(6-7-14)17(13)15/h8,11-12H,5-7,9-10,15H2,1-4H3/b13-8-. The molecule has 1 aliphatic heterocycles. The Morgan fingerprint density at radius 3 is 2.53 bits per heavy atom. The Kier molecular flexibility index (Phi) is 3.50.